The molecule has 0 rings (SSSR count). The van der Waals surface area contributed by atoms with Crippen LogP contribution in [0, 0.1) is 0 Å². The highest BCUT2D eigenvalue weighted by Crippen LogP contribution is 1.93. The highest BCUT2D eigenvalue weighted by molar-refractivity contribution is 8.06. The lowest BCUT2D eigenvalue weighted by Gasteiger charge is -2.06. The van der Waals surface area contributed by atoms with Crippen molar-refractivity contribution >= 4 is 31.9 Å². The van der Waals surface area contributed by atoms with Crippen LogP contribution in [0.5, 0.6) is 0 Å². The predicted octanol–water partition coefficient (Wildman–Crippen LogP) is -1.79. The summed E-state index contributed by atoms with van der Waals surface area (Å²) >= 11 is 0. The molecule has 10 heteroatoms. The molecule has 0 aromatic heterocycles. The minimum Gasteiger partial charge on any atom is -0.269 e. The van der Waals surface area contributed by atoms with Crippen molar-refractivity contribution < 1.29 is 26.4 Å². The predicted molar refractivity (Wildman–Crippen MR) is 59.4 cm³/mol. The second-order valence-electron chi connectivity index (χ2n) is 2.69. The van der Waals surface area contributed by atoms with Gasteiger partial charge in [-0.25, -0.2) is 26.3 Å². The van der Waals surface area contributed by atoms with Crippen molar-refractivity contribution in [2.45, 2.75) is 0 Å². The largest absolute Gasteiger partial charge is 0.269 e. The summed E-state index contributed by atoms with van der Waals surface area (Å²) < 4.78 is 47.4. The molecule has 0 aromatic rings. The van der Waals surface area contributed by atoms with Gasteiger partial charge in [-0.1, -0.05) is 13.2 Å². The molecule has 0 radical (unpaired) electrons. The molecule has 0 atom stereocenters. The molecule has 0 saturated heterocycles. The molecule has 0 spiro atoms. The van der Waals surface area contributed by atoms with Crippen molar-refractivity contribution in [2.75, 3.05) is 5.08 Å². The highest BCUT2D eigenvalue weighted by Gasteiger charge is 2.24. The number of carbonyl (C=O) groups is 2. The topological polar surface area (TPSA) is 126 Å². The Kier molecular flexibility index (Phi) is 5.04. The van der Waals surface area contributed by atoms with Gasteiger partial charge in [0.05, 0.1) is 0 Å². The Balaban J connectivity index is 4.83. The second kappa shape index (κ2) is 5.59. The van der Waals surface area contributed by atoms with Crippen LogP contribution >= 0.6 is 0 Å². The van der Waals surface area contributed by atoms with Crippen molar-refractivity contribution in [3.8, 4) is 0 Å². The summed E-state index contributed by atoms with van der Waals surface area (Å²) in [4.78, 5) is 21.4. The molecule has 96 valence electrons. The fraction of sp³-hybridized carbons (Fsp3) is 0.143. The van der Waals surface area contributed by atoms with Gasteiger partial charge in [0.2, 0.25) is 0 Å². The van der Waals surface area contributed by atoms with E-state index in [0.29, 0.717) is 12.2 Å². The summed E-state index contributed by atoms with van der Waals surface area (Å²) in [6.45, 7) is 5.99. The molecule has 0 aliphatic rings. The summed E-state index contributed by atoms with van der Waals surface area (Å²) in [6, 6.07) is 0. The summed E-state index contributed by atoms with van der Waals surface area (Å²) in [5, 5.41) is -1.46. The van der Waals surface area contributed by atoms with Crippen molar-refractivity contribution in [3.05, 3.63) is 25.3 Å². The van der Waals surface area contributed by atoms with Gasteiger partial charge < -0.3 is 0 Å². The van der Waals surface area contributed by atoms with Gasteiger partial charge in [0, 0.05) is 0 Å². The third kappa shape index (κ3) is 6.48. The van der Waals surface area contributed by atoms with Gasteiger partial charge in [-0.3, -0.25) is 9.59 Å². The highest BCUT2D eigenvalue weighted by atomic mass is 32.3. The Labute approximate surface area is 98.5 Å². The molecule has 8 nitrogen and oxygen atoms in total. The number of sulfonamides is 2. The third-order valence-electron chi connectivity index (χ3n) is 1.19. The van der Waals surface area contributed by atoms with Gasteiger partial charge in [0.25, 0.3) is 31.9 Å². The maximum atomic E-state index is 11.1. The molecule has 17 heavy (non-hydrogen) atoms. The van der Waals surface area contributed by atoms with E-state index in [0.717, 1.165) is 0 Å². The van der Waals surface area contributed by atoms with Crippen LogP contribution in [0.15, 0.2) is 25.3 Å². The number of nitrogens with one attached hydrogen (secondary N) is 2. The van der Waals surface area contributed by atoms with Crippen LogP contribution in [0.25, 0.3) is 0 Å². The van der Waals surface area contributed by atoms with Crippen LogP contribution in [0.3, 0.4) is 0 Å². The lowest BCUT2D eigenvalue weighted by Crippen LogP contribution is -2.39. The molecule has 0 aliphatic carbocycles. The van der Waals surface area contributed by atoms with Gasteiger partial charge in [0.15, 0.2) is 5.08 Å². The Morgan fingerprint density at radius 1 is 0.882 bits per heavy atom. The standard InChI is InChI=1S/C7H10N2O6S2/c1-3-6(10)8-16(12,13)5-17(14,15)9-7(11)4-2/h3-4H,1-2,5H2,(H,8,10)(H,9,11). The third-order valence-corrected chi connectivity index (χ3v) is 4.70. The minimum absolute atomic E-state index is 0.659. The van der Waals surface area contributed by atoms with Gasteiger partial charge >= 0.3 is 0 Å². The Hall–Kier alpha value is -1.68. The average Bonchev–Trinajstić information content (AvgIpc) is 2.13. The lowest BCUT2D eigenvalue weighted by molar-refractivity contribution is -0.115. The van der Waals surface area contributed by atoms with E-state index in [-0.39, 0.29) is 0 Å². The average molecular weight is 282 g/mol. The van der Waals surface area contributed by atoms with Crippen LogP contribution in [0.4, 0.5) is 0 Å². The van der Waals surface area contributed by atoms with E-state index in [4.69, 9.17) is 0 Å². The van der Waals surface area contributed by atoms with Crippen molar-refractivity contribution in [2.24, 2.45) is 0 Å². The van der Waals surface area contributed by atoms with E-state index < -0.39 is 36.9 Å². The first kappa shape index (κ1) is 15.3. The first-order valence-corrected chi connectivity index (χ1v) is 7.26. The van der Waals surface area contributed by atoms with E-state index >= 15 is 0 Å². The molecular weight excluding hydrogens is 272 g/mol. The molecule has 0 fully saturated rings. The Morgan fingerprint density at radius 2 is 1.18 bits per heavy atom. The number of carbonyl (C=O) groups excluding carboxylic acids is 2. The summed E-state index contributed by atoms with van der Waals surface area (Å²) in [5.74, 6) is -2.15. The van der Waals surface area contributed by atoms with Gasteiger partial charge in [-0.15, -0.1) is 0 Å². The Bertz CT molecular complexity index is 495. The molecule has 0 saturated carbocycles. The van der Waals surface area contributed by atoms with Crippen molar-refractivity contribution in [3.63, 3.8) is 0 Å². The van der Waals surface area contributed by atoms with E-state index in [1.807, 2.05) is 0 Å². The maximum absolute atomic E-state index is 11.1. The van der Waals surface area contributed by atoms with Gasteiger partial charge in [-0.2, -0.15) is 0 Å². The minimum atomic E-state index is -4.41. The number of hydrogen-bond acceptors (Lipinski definition) is 6. The second-order valence-corrected chi connectivity index (χ2v) is 6.50. The van der Waals surface area contributed by atoms with E-state index in [1.54, 1.807) is 0 Å². The number of rotatable bonds is 6. The zero-order valence-electron chi connectivity index (χ0n) is 8.54. The maximum Gasteiger partial charge on any atom is 0.256 e. The fourth-order valence-corrected chi connectivity index (χ4v) is 3.54. The summed E-state index contributed by atoms with van der Waals surface area (Å²) in [5.41, 5.74) is 0. The van der Waals surface area contributed by atoms with Crippen LogP contribution < -0.4 is 9.44 Å². The molecule has 0 aliphatic heterocycles. The summed E-state index contributed by atoms with van der Waals surface area (Å²) in [7, 11) is -8.82. The lowest BCUT2D eigenvalue weighted by atomic mass is 10.6. The zero-order chi connectivity index (χ0) is 13.7. The smallest absolute Gasteiger partial charge is 0.256 e. The van der Waals surface area contributed by atoms with Crippen LogP contribution in [-0.4, -0.2) is 33.7 Å². The normalized spacial score (nSPS) is 11.3. The van der Waals surface area contributed by atoms with Gasteiger partial charge in [0.1, 0.15) is 0 Å². The molecule has 0 heterocycles. The van der Waals surface area contributed by atoms with Crippen LogP contribution in [-0.2, 0) is 29.6 Å². The first-order valence-electron chi connectivity index (χ1n) is 3.95. The molecule has 2 amide bonds. The van der Waals surface area contributed by atoms with E-state index in [1.165, 1.54) is 9.44 Å². The zero-order valence-corrected chi connectivity index (χ0v) is 10.2. The number of amides is 2. The van der Waals surface area contributed by atoms with E-state index in [2.05, 4.69) is 13.2 Å². The Morgan fingerprint density at radius 3 is 1.41 bits per heavy atom. The SMILES string of the molecule is C=CC(=O)NS(=O)(=O)CS(=O)(=O)NC(=O)C=C. The monoisotopic (exact) mass is 282 g/mol. The van der Waals surface area contributed by atoms with Crippen molar-refractivity contribution in [1.29, 1.82) is 0 Å². The molecule has 2 N–H and O–H groups in total. The fourth-order valence-electron chi connectivity index (χ4n) is 0.653. The van der Waals surface area contributed by atoms with Crippen LogP contribution in [0.1, 0.15) is 0 Å². The van der Waals surface area contributed by atoms with Gasteiger partial charge in [-0.05, 0) is 12.2 Å². The summed E-state index contributed by atoms with van der Waals surface area (Å²) in [6.07, 6.45) is 1.32. The molecule has 0 unspecified atom stereocenters. The van der Waals surface area contributed by atoms with E-state index in [9.17, 15) is 26.4 Å². The molecule has 0 aromatic carbocycles. The molecule has 0 bridgehead atoms. The molecular formula is C7H10N2O6S2. The first-order chi connectivity index (χ1) is 7.62. The van der Waals surface area contributed by atoms with Crippen LogP contribution in [0.2, 0.25) is 0 Å². The quantitative estimate of drug-likeness (QED) is 0.554. The number of hydrogen-bond donors (Lipinski definition) is 2. The van der Waals surface area contributed by atoms with Crippen molar-refractivity contribution in [1.82, 2.24) is 9.44 Å².